The van der Waals surface area contributed by atoms with Gasteiger partial charge < -0.3 is 20.2 Å². The molecule has 0 aliphatic rings. The summed E-state index contributed by atoms with van der Waals surface area (Å²) in [5.74, 6) is -3.13. The molecule has 4 N–H and O–H groups in total. The lowest BCUT2D eigenvalue weighted by atomic mass is 9.96. The highest BCUT2D eigenvalue weighted by Gasteiger charge is 2.23. The summed E-state index contributed by atoms with van der Waals surface area (Å²) in [6, 6.07) is 24.4. The molecule has 3 heterocycles. The number of rotatable bonds is 8. The summed E-state index contributed by atoms with van der Waals surface area (Å²) in [7, 11) is 0. The lowest BCUT2D eigenvalue weighted by Gasteiger charge is -2.08. The van der Waals surface area contributed by atoms with Gasteiger partial charge in [-0.1, -0.05) is 88.4 Å². The molecular weight excluding hydrogens is 638 g/mol. The van der Waals surface area contributed by atoms with Crippen LogP contribution in [0.5, 0.6) is 0 Å². The number of carboxylic acids is 2. The number of benzene rings is 4. The minimum absolute atomic E-state index is 0.0712. The van der Waals surface area contributed by atoms with Gasteiger partial charge in [-0.25, -0.2) is 18.4 Å². The quantitative estimate of drug-likeness (QED) is 0.128. The molecule has 0 fully saturated rings. The van der Waals surface area contributed by atoms with Gasteiger partial charge in [0.15, 0.2) is 0 Å². The number of halogens is 2. The van der Waals surface area contributed by atoms with Crippen molar-refractivity contribution in [1.29, 1.82) is 0 Å². The van der Waals surface area contributed by atoms with Crippen LogP contribution in [0.2, 0.25) is 0 Å². The van der Waals surface area contributed by atoms with E-state index in [4.69, 9.17) is 0 Å². The van der Waals surface area contributed by atoms with Crippen molar-refractivity contribution in [1.82, 2.24) is 19.7 Å². The van der Waals surface area contributed by atoms with Crippen LogP contribution < -0.4 is 0 Å². The fraction of sp³-hybridized carbons (Fsp3) is 0.175. The fourth-order valence-electron chi connectivity index (χ4n) is 6.42. The summed E-state index contributed by atoms with van der Waals surface area (Å²) < 4.78 is 29.0. The number of hydrogen-bond acceptors (Lipinski definition) is 3. The van der Waals surface area contributed by atoms with E-state index in [0.29, 0.717) is 28.9 Å². The monoisotopic (exact) mass is 674 g/mol. The highest BCUT2D eigenvalue weighted by molar-refractivity contribution is 6.09. The number of H-pyrrole nitrogens is 2. The predicted octanol–water partition coefficient (Wildman–Crippen LogP) is 9.84. The third-order valence-corrected chi connectivity index (χ3v) is 8.70. The average molecular weight is 675 g/mol. The summed E-state index contributed by atoms with van der Waals surface area (Å²) in [4.78, 5) is 29.5. The third-order valence-electron chi connectivity index (χ3n) is 8.70. The Hall–Kier alpha value is -6.03. The first kappa shape index (κ1) is 33.9. The second-order valence-electron chi connectivity index (χ2n) is 12.8. The topological polar surface area (TPSA) is 124 Å². The molecule has 7 rings (SSSR count). The molecule has 0 aliphatic heterocycles. The summed E-state index contributed by atoms with van der Waals surface area (Å²) in [6.07, 6.45) is 3.68. The number of aromatic amines is 2. The van der Waals surface area contributed by atoms with Crippen LogP contribution in [0.4, 0.5) is 8.78 Å². The van der Waals surface area contributed by atoms with E-state index in [1.54, 1.807) is 12.3 Å². The van der Waals surface area contributed by atoms with Gasteiger partial charge in [0.25, 0.3) is 0 Å². The molecule has 0 unspecified atom stereocenters. The van der Waals surface area contributed by atoms with Crippen molar-refractivity contribution in [2.45, 2.75) is 46.1 Å². The van der Waals surface area contributed by atoms with Crippen LogP contribution in [-0.4, -0.2) is 41.9 Å². The first-order valence-electron chi connectivity index (χ1n) is 16.2. The van der Waals surface area contributed by atoms with E-state index >= 15 is 0 Å². The van der Waals surface area contributed by atoms with Gasteiger partial charge in [0, 0.05) is 40.4 Å². The zero-order valence-corrected chi connectivity index (χ0v) is 28.0. The number of para-hydroxylation sites is 2. The number of fused-ring (bicyclic) bond motifs is 2. The van der Waals surface area contributed by atoms with Gasteiger partial charge in [-0.3, -0.25) is 4.68 Å². The van der Waals surface area contributed by atoms with Crippen LogP contribution in [-0.2, 0) is 6.54 Å². The normalized spacial score (nSPS) is 11.4. The van der Waals surface area contributed by atoms with Crippen LogP contribution >= 0.6 is 0 Å². The number of carboxylic acid groups (broad SMARTS) is 2. The average Bonchev–Trinajstić information content (AvgIpc) is 3.82. The van der Waals surface area contributed by atoms with Crippen LogP contribution in [0.1, 0.15) is 77.2 Å². The zero-order valence-electron chi connectivity index (χ0n) is 28.0. The van der Waals surface area contributed by atoms with Gasteiger partial charge in [0.05, 0.1) is 17.6 Å². The van der Waals surface area contributed by atoms with E-state index in [1.165, 1.54) is 0 Å². The van der Waals surface area contributed by atoms with Crippen LogP contribution in [0.25, 0.3) is 44.1 Å². The predicted molar refractivity (Wildman–Crippen MR) is 191 cm³/mol. The Morgan fingerprint density at radius 1 is 0.700 bits per heavy atom. The van der Waals surface area contributed by atoms with Crippen molar-refractivity contribution < 1.29 is 28.6 Å². The van der Waals surface area contributed by atoms with Crippen molar-refractivity contribution in [3.05, 3.63) is 137 Å². The Morgan fingerprint density at radius 3 is 1.64 bits per heavy atom. The minimum atomic E-state index is -1.17. The number of nitrogens with one attached hydrogen (secondary N) is 2. The number of nitrogens with zero attached hydrogens (tertiary/aromatic N) is 2. The first-order chi connectivity index (χ1) is 23.9. The van der Waals surface area contributed by atoms with E-state index in [1.807, 2.05) is 85.4 Å². The number of carbonyl (C=O) groups is 2. The Morgan fingerprint density at radius 2 is 1.20 bits per heavy atom. The van der Waals surface area contributed by atoms with E-state index in [0.717, 1.165) is 56.9 Å². The Kier molecular flexibility index (Phi) is 9.37. The second-order valence-corrected chi connectivity index (χ2v) is 12.8. The second kappa shape index (κ2) is 13.8. The van der Waals surface area contributed by atoms with Gasteiger partial charge in [-0.2, -0.15) is 5.10 Å². The van der Waals surface area contributed by atoms with Gasteiger partial charge in [-0.05, 0) is 57.9 Å². The van der Waals surface area contributed by atoms with Gasteiger partial charge in [-0.15, -0.1) is 0 Å². The van der Waals surface area contributed by atoms with E-state index < -0.39 is 23.6 Å². The number of hydrogen-bond donors (Lipinski definition) is 4. The molecule has 0 aliphatic carbocycles. The van der Waals surface area contributed by atoms with Crippen molar-refractivity contribution >= 4 is 33.7 Å². The van der Waals surface area contributed by atoms with E-state index in [9.17, 15) is 28.6 Å². The van der Waals surface area contributed by atoms with Gasteiger partial charge in [0.2, 0.25) is 0 Å². The highest BCUT2D eigenvalue weighted by Crippen LogP contribution is 2.38. The molecule has 8 nitrogen and oxygen atoms in total. The van der Waals surface area contributed by atoms with E-state index in [-0.39, 0.29) is 22.9 Å². The summed E-state index contributed by atoms with van der Waals surface area (Å²) in [5.41, 5.74) is 7.07. The maximum Gasteiger partial charge on any atom is 0.352 e. The SMILES string of the molecule is CC(C)c1cccc2c(-c3cc(F)cc(F)c3)c(C(=O)O)[nH]c12.CC(C)c1cccc2c(-c3ccc(Cn4cccn4)cc3)c(C(=O)O)[nH]c12. The molecule has 0 amide bonds. The Bertz CT molecular complexity index is 2320. The molecular formula is C40H36F2N4O4. The standard InChI is InChI=1S/C22H21N3O2.C18H15F2NO2/c1-14(2)17-5-3-6-18-19(21(22(26)27)24-20(17)18)16-9-7-15(8-10-16)13-25-12-4-11-23-25;1-9(2)13-4-3-5-14-15(17(18(22)23)21-16(13)14)10-6-11(19)8-12(20)7-10/h3-12,14,24H,13H2,1-2H3,(H,26,27);3-9,21H,1-2H3,(H,22,23). The van der Waals surface area contributed by atoms with Gasteiger partial charge >= 0.3 is 11.9 Å². The first-order valence-corrected chi connectivity index (χ1v) is 16.2. The summed E-state index contributed by atoms with van der Waals surface area (Å²) in [5, 5.41) is 25.0. The molecule has 0 saturated carbocycles. The molecule has 3 aromatic heterocycles. The number of aromatic nitrogens is 4. The molecule has 10 heteroatoms. The molecule has 0 atom stereocenters. The molecule has 0 saturated heterocycles. The van der Waals surface area contributed by atoms with Crippen molar-refractivity contribution in [3.63, 3.8) is 0 Å². The highest BCUT2D eigenvalue weighted by atomic mass is 19.1. The minimum Gasteiger partial charge on any atom is -0.477 e. The van der Waals surface area contributed by atoms with Crippen molar-refractivity contribution in [2.24, 2.45) is 0 Å². The molecule has 254 valence electrons. The Labute approximate surface area is 287 Å². The zero-order chi connectivity index (χ0) is 35.7. The largest absolute Gasteiger partial charge is 0.477 e. The molecule has 4 aromatic carbocycles. The number of aromatic carboxylic acids is 2. The van der Waals surface area contributed by atoms with Crippen LogP contribution in [0.15, 0.2) is 97.3 Å². The lowest BCUT2D eigenvalue weighted by Crippen LogP contribution is -2.00. The maximum atomic E-state index is 13.6. The summed E-state index contributed by atoms with van der Waals surface area (Å²) >= 11 is 0. The molecule has 50 heavy (non-hydrogen) atoms. The third kappa shape index (κ3) is 6.64. The smallest absolute Gasteiger partial charge is 0.352 e. The van der Waals surface area contributed by atoms with E-state index in [2.05, 4.69) is 28.9 Å². The van der Waals surface area contributed by atoms with Crippen molar-refractivity contribution in [2.75, 3.05) is 0 Å². The Balaban J connectivity index is 0.000000175. The van der Waals surface area contributed by atoms with Crippen molar-refractivity contribution in [3.8, 4) is 22.3 Å². The molecule has 0 spiro atoms. The molecule has 0 radical (unpaired) electrons. The molecule has 0 bridgehead atoms. The summed E-state index contributed by atoms with van der Waals surface area (Å²) in [6.45, 7) is 8.90. The van der Waals surface area contributed by atoms with Crippen LogP contribution in [0, 0.1) is 11.6 Å². The van der Waals surface area contributed by atoms with Crippen LogP contribution in [0.3, 0.4) is 0 Å². The maximum absolute atomic E-state index is 13.6. The molecule has 7 aromatic rings. The lowest BCUT2D eigenvalue weighted by molar-refractivity contribution is 0.0681. The fourth-order valence-corrected chi connectivity index (χ4v) is 6.42. The van der Waals surface area contributed by atoms with Gasteiger partial charge in [0.1, 0.15) is 23.0 Å².